The summed E-state index contributed by atoms with van der Waals surface area (Å²) in [6.45, 7) is 0.511. The van der Waals surface area contributed by atoms with E-state index in [0.717, 1.165) is 10.0 Å². The minimum Gasteiger partial charge on any atom is -0.396 e. The molecule has 3 N–H and O–H groups in total. The summed E-state index contributed by atoms with van der Waals surface area (Å²) in [7, 11) is 1.73. The summed E-state index contributed by atoms with van der Waals surface area (Å²) in [6.07, 6.45) is 1.43. The van der Waals surface area contributed by atoms with E-state index in [0.29, 0.717) is 17.9 Å². The number of anilines is 1. The molecule has 1 aromatic carbocycles. The standard InChI is InChI=1S/C12H13BrN4O/c1-17(7-8-3-2-4-9(13)5-8)12(18)11-10(14)6-15-16-11/h2-6H,7,14H2,1H3,(H,15,16). The van der Waals surface area contributed by atoms with Gasteiger partial charge in [-0.3, -0.25) is 9.89 Å². The largest absolute Gasteiger partial charge is 0.396 e. The fourth-order valence-electron chi connectivity index (χ4n) is 1.64. The van der Waals surface area contributed by atoms with Crippen molar-refractivity contribution in [1.82, 2.24) is 15.1 Å². The maximum Gasteiger partial charge on any atom is 0.274 e. The summed E-state index contributed by atoms with van der Waals surface area (Å²) in [4.78, 5) is 13.7. The van der Waals surface area contributed by atoms with Crippen LogP contribution in [-0.2, 0) is 6.54 Å². The van der Waals surface area contributed by atoms with E-state index < -0.39 is 0 Å². The summed E-state index contributed by atoms with van der Waals surface area (Å²) < 4.78 is 0.988. The van der Waals surface area contributed by atoms with E-state index in [1.807, 2.05) is 24.3 Å². The zero-order chi connectivity index (χ0) is 13.1. The lowest BCUT2D eigenvalue weighted by Crippen LogP contribution is -2.27. The van der Waals surface area contributed by atoms with Crippen LogP contribution >= 0.6 is 15.9 Å². The van der Waals surface area contributed by atoms with E-state index in [9.17, 15) is 4.79 Å². The summed E-state index contributed by atoms with van der Waals surface area (Å²) in [5.41, 5.74) is 7.38. The number of benzene rings is 1. The zero-order valence-corrected chi connectivity index (χ0v) is 11.4. The highest BCUT2D eigenvalue weighted by Gasteiger charge is 2.16. The Balaban J connectivity index is 2.11. The number of halogens is 1. The van der Waals surface area contributed by atoms with Gasteiger partial charge >= 0.3 is 0 Å². The minimum atomic E-state index is -0.176. The van der Waals surface area contributed by atoms with Crippen molar-refractivity contribution in [3.63, 3.8) is 0 Å². The fraction of sp³-hybridized carbons (Fsp3) is 0.167. The summed E-state index contributed by atoms with van der Waals surface area (Å²) in [5, 5.41) is 6.35. The van der Waals surface area contributed by atoms with Crippen molar-refractivity contribution in [3.8, 4) is 0 Å². The van der Waals surface area contributed by atoms with Gasteiger partial charge in [-0.25, -0.2) is 0 Å². The van der Waals surface area contributed by atoms with Gasteiger partial charge in [0, 0.05) is 18.1 Å². The molecular weight excluding hydrogens is 296 g/mol. The highest BCUT2D eigenvalue weighted by atomic mass is 79.9. The molecule has 1 heterocycles. The Bertz CT molecular complexity index is 567. The molecule has 0 saturated carbocycles. The lowest BCUT2D eigenvalue weighted by Gasteiger charge is -2.16. The van der Waals surface area contributed by atoms with Gasteiger partial charge in [-0.2, -0.15) is 5.10 Å². The molecule has 0 saturated heterocycles. The number of amides is 1. The van der Waals surface area contributed by atoms with Gasteiger partial charge < -0.3 is 10.6 Å². The number of H-pyrrole nitrogens is 1. The Hall–Kier alpha value is -1.82. The van der Waals surface area contributed by atoms with Crippen LogP contribution in [0.2, 0.25) is 0 Å². The van der Waals surface area contributed by atoms with Crippen LogP contribution in [-0.4, -0.2) is 28.1 Å². The van der Waals surface area contributed by atoms with Crippen LogP contribution in [0.15, 0.2) is 34.9 Å². The molecule has 18 heavy (non-hydrogen) atoms. The minimum absolute atomic E-state index is 0.176. The molecule has 94 valence electrons. The van der Waals surface area contributed by atoms with Crippen LogP contribution in [0.3, 0.4) is 0 Å². The third-order valence-electron chi connectivity index (χ3n) is 2.54. The van der Waals surface area contributed by atoms with E-state index in [-0.39, 0.29) is 5.91 Å². The number of aromatic nitrogens is 2. The fourth-order valence-corrected chi connectivity index (χ4v) is 2.09. The molecule has 2 rings (SSSR count). The number of nitrogens with two attached hydrogens (primary N) is 1. The van der Waals surface area contributed by atoms with Gasteiger partial charge in [-0.1, -0.05) is 28.1 Å². The van der Waals surface area contributed by atoms with E-state index in [1.165, 1.54) is 6.20 Å². The summed E-state index contributed by atoms with van der Waals surface area (Å²) >= 11 is 3.40. The summed E-state index contributed by atoms with van der Waals surface area (Å²) in [5.74, 6) is -0.176. The normalized spacial score (nSPS) is 10.3. The molecule has 0 spiro atoms. The number of nitrogens with one attached hydrogen (secondary N) is 1. The van der Waals surface area contributed by atoms with Crippen LogP contribution in [0.5, 0.6) is 0 Å². The molecule has 5 nitrogen and oxygen atoms in total. The number of nitrogens with zero attached hydrogens (tertiary/aromatic N) is 2. The number of carbonyl (C=O) groups excluding carboxylic acids is 1. The van der Waals surface area contributed by atoms with Gasteiger partial charge in [0.1, 0.15) is 5.69 Å². The molecule has 0 unspecified atom stereocenters. The molecule has 0 aliphatic carbocycles. The molecular formula is C12H13BrN4O. The third-order valence-corrected chi connectivity index (χ3v) is 3.03. The van der Waals surface area contributed by atoms with E-state index in [2.05, 4.69) is 26.1 Å². The first-order valence-electron chi connectivity index (χ1n) is 5.36. The highest BCUT2D eigenvalue weighted by Crippen LogP contribution is 2.15. The molecule has 0 atom stereocenters. The third kappa shape index (κ3) is 2.70. The van der Waals surface area contributed by atoms with Gasteiger partial charge in [-0.15, -0.1) is 0 Å². The molecule has 0 bridgehead atoms. The Morgan fingerprint density at radius 1 is 1.56 bits per heavy atom. The molecule has 0 aliphatic rings. The van der Waals surface area contributed by atoms with Crippen LogP contribution in [0.1, 0.15) is 16.1 Å². The molecule has 0 fully saturated rings. The van der Waals surface area contributed by atoms with Gasteiger partial charge in [0.25, 0.3) is 5.91 Å². The lowest BCUT2D eigenvalue weighted by atomic mass is 10.2. The van der Waals surface area contributed by atoms with E-state index in [4.69, 9.17) is 5.73 Å². The van der Waals surface area contributed by atoms with Crippen molar-refractivity contribution < 1.29 is 4.79 Å². The number of hydrogen-bond donors (Lipinski definition) is 2. The first-order valence-corrected chi connectivity index (χ1v) is 6.16. The second-order valence-electron chi connectivity index (χ2n) is 3.99. The zero-order valence-electron chi connectivity index (χ0n) is 9.85. The number of carbonyl (C=O) groups is 1. The molecule has 1 amide bonds. The Morgan fingerprint density at radius 2 is 2.33 bits per heavy atom. The van der Waals surface area contributed by atoms with Crippen molar-refractivity contribution in [2.24, 2.45) is 0 Å². The van der Waals surface area contributed by atoms with Gasteiger partial charge in [-0.05, 0) is 17.7 Å². The first kappa shape index (κ1) is 12.6. The maximum atomic E-state index is 12.1. The van der Waals surface area contributed by atoms with Crippen LogP contribution in [0.4, 0.5) is 5.69 Å². The SMILES string of the molecule is CN(Cc1cccc(Br)c1)C(=O)c1[nH]ncc1N. The molecule has 0 radical (unpaired) electrons. The Labute approximate surface area is 113 Å². The van der Waals surface area contributed by atoms with Gasteiger partial charge in [0.15, 0.2) is 0 Å². The number of nitrogen functional groups attached to an aromatic ring is 1. The first-order chi connectivity index (χ1) is 8.58. The number of aromatic amines is 1. The van der Waals surface area contributed by atoms with Crippen molar-refractivity contribution in [1.29, 1.82) is 0 Å². The summed E-state index contributed by atoms with van der Waals surface area (Å²) in [6, 6.07) is 7.81. The van der Waals surface area contributed by atoms with Gasteiger partial charge in [0.2, 0.25) is 0 Å². The van der Waals surface area contributed by atoms with E-state index in [1.54, 1.807) is 11.9 Å². The second-order valence-corrected chi connectivity index (χ2v) is 4.91. The topological polar surface area (TPSA) is 75.0 Å². The second kappa shape index (κ2) is 5.22. The molecule has 6 heteroatoms. The Morgan fingerprint density at radius 3 is 2.94 bits per heavy atom. The average Bonchev–Trinajstić information content (AvgIpc) is 2.74. The average molecular weight is 309 g/mol. The Kier molecular flexibility index (Phi) is 3.66. The monoisotopic (exact) mass is 308 g/mol. The predicted octanol–water partition coefficient (Wildman–Crippen LogP) is 2.03. The highest BCUT2D eigenvalue weighted by molar-refractivity contribution is 9.10. The lowest BCUT2D eigenvalue weighted by molar-refractivity contribution is 0.0780. The maximum absolute atomic E-state index is 12.1. The quantitative estimate of drug-likeness (QED) is 0.911. The molecule has 0 aliphatic heterocycles. The van der Waals surface area contributed by atoms with Crippen molar-refractivity contribution in [2.75, 3.05) is 12.8 Å². The van der Waals surface area contributed by atoms with Crippen LogP contribution in [0, 0.1) is 0 Å². The number of rotatable bonds is 3. The van der Waals surface area contributed by atoms with E-state index >= 15 is 0 Å². The van der Waals surface area contributed by atoms with Crippen molar-refractivity contribution in [2.45, 2.75) is 6.54 Å². The van der Waals surface area contributed by atoms with Crippen LogP contribution in [0.25, 0.3) is 0 Å². The number of hydrogen-bond acceptors (Lipinski definition) is 3. The van der Waals surface area contributed by atoms with Crippen LogP contribution < -0.4 is 5.73 Å². The van der Waals surface area contributed by atoms with Gasteiger partial charge in [0.05, 0.1) is 11.9 Å². The predicted molar refractivity (Wildman–Crippen MR) is 72.9 cm³/mol. The van der Waals surface area contributed by atoms with Crippen molar-refractivity contribution in [3.05, 3.63) is 46.2 Å². The van der Waals surface area contributed by atoms with Crippen molar-refractivity contribution >= 4 is 27.5 Å². The molecule has 2 aromatic rings. The smallest absolute Gasteiger partial charge is 0.274 e. The molecule has 1 aromatic heterocycles.